The Bertz CT molecular complexity index is 657. The zero-order chi connectivity index (χ0) is 16.7. The van der Waals surface area contributed by atoms with Crippen LogP contribution in [0, 0.1) is 12.7 Å². The summed E-state index contributed by atoms with van der Waals surface area (Å²) in [5, 5.41) is 2.62. The first-order chi connectivity index (χ1) is 11.1. The molecule has 1 amide bonds. The first-order valence-corrected chi connectivity index (χ1v) is 7.90. The van der Waals surface area contributed by atoms with E-state index in [4.69, 9.17) is 0 Å². The Labute approximate surface area is 137 Å². The number of anilines is 1. The molecule has 0 aliphatic carbocycles. The van der Waals surface area contributed by atoms with E-state index >= 15 is 0 Å². The number of carbonyl (C=O) groups is 1. The number of para-hydroxylation sites is 1. The van der Waals surface area contributed by atoms with Crippen molar-refractivity contribution in [3.63, 3.8) is 0 Å². The van der Waals surface area contributed by atoms with Gasteiger partial charge in [-0.05, 0) is 31.2 Å². The maximum atomic E-state index is 13.5. The Hall–Kier alpha value is -2.20. The Morgan fingerprint density at radius 1 is 1.17 bits per heavy atom. The third-order valence-corrected chi connectivity index (χ3v) is 3.74. The van der Waals surface area contributed by atoms with Crippen LogP contribution in [0.4, 0.5) is 10.1 Å². The summed E-state index contributed by atoms with van der Waals surface area (Å²) in [6, 6.07) is 14.6. The zero-order valence-corrected chi connectivity index (χ0v) is 13.7. The van der Waals surface area contributed by atoms with Crippen LogP contribution in [0.25, 0.3) is 0 Å². The smallest absolute Gasteiger partial charge is 0.225 e. The summed E-state index contributed by atoms with van der Waals surface area (Å²) < 4.78 is 13.5. The van der Waals surface area contributed by atoms with Gasteiger partial charge in [-0.15, -0.1) is 0 Å². The molecule has 0 aliphatic heterocycles. The van der Waals surface area contributed by atoms with Crippen LogP contribution >= 0.6 is 0 Å². The first-order valence-electron chi connectivity index (χ1n) is 7.90. The molecule has 0 fully saturated rings. The van der Waals surface area contributed by atoms with E-state index in [9.17, 15) is 9.18 Å². The summed E-state index contributed by atoms with van der Waals surface area (Å²) in [6.07, 6.45) is 0.341. The van der Waals surface area contributed by atoms with Gasteiger partial charge in [-0.2, -0.15) is 0 Å². The van der Waals surface area contributed by atoms with Crippen molar-refractivity contribution >= 4 is 11.6 Å². The van der Waals surface area contributed by atoms with Gasteiger partial charge in [-0.1, -0.05) is 48.9 Å². The van der Waals surface area contributed by atoms with Crippen molar-refractivity contribution < 1.29 is 9.18 Å². The lowest BCUT2D eigenvalue weighted by atomic mass is 10.1. The van der Waals surface area contributed by atoms with E-state index in [2.05, 4.69) is 42.3 Å². The van der Waals surface area contributed by atoms with Gasteiger partial charge in [-0.3, -0.25) is 9.69 Å². The number of halogens is 1. The maximum Gasteiger partial charge on any atom is 0.225 e. The van der Waals surface area contributed by atoms with Crippen LogP contribution in [0.15, 0.2) is 48.5 Å². The summed E-state index contributed by atoms with van der Waals surface area (Å²) in [4.78, 5) is 14.2. The van der Waals surface area contributed by atoms with Gasteiger partial charge in [0.15, 0.2) is 0 Å². The molecule has 0 heterocycles. The standard InChI is InChI=1S/C19H23FN2O/c1-3-22(14-16-8-6-7-15(2)13-16)12-11-19(23)21-18-10-5-4-9-17(18)20/h4-10,13H,3,11-12,14H2,1-2H3,(H,21,23). The number of hydrogen-bond acceptors (Lipinski definition) is 2. The van der Waals surface area contributed by atoms with E-state index in [-0.39, 0.29) is 11.6 Å². The highest BCUT2D eigenvalue weighted by Crippen LogP contribution is 2.13. The largest absolute Gasteiger partial charge is 0.324 e. The number of amides is 1. The Kier molecular flexibility index (Phi) is 6.29. The van der Waals surface area contributed by atoms with Crippen molar-refractivity contribution in [3.8, 4) is 0 Å². The van der Waals surface area contributed by atoms with Gasteiger partial charge in [0.2, 0.25) is 5.91 Å². The van der Waals surface area contributed by atoms with Crippen LogP contribution in [-0.4, -0.2) is 23.9 Å². The molecule has 2 rings (SSSR count). The average Bonchev–Trinajstić information content (AvgIpc) is 2.53. The summed E-state index contributed by atoms with van der Waals surface area (Å²) in [6.45, 7) is 6.46. The summed E-state index contributed by atoms with van der Waals surface area (Å²) >= 11 is 0. The van der Waals surface area contributed by atoms with Gasteiger partial charge < -0.3 is 5.32 Å². The fourth-order valence-corrected chi connectivity index (χ4v) is 2.45. The van der Waals surface area contributed by atoms with Crippen molar-refractivity contribution in [1.82, 2.24) is 4.90 Å². The number of carbonyl (C=O) groups excluding carboxylic acids is 1. The molecule has 0 aromatic heterocycles. The van der Waals surface area contributed by atoms with Gasteiger partial charge >= 0.3 is 0 Å². The molecule has 0 aliphatic rings. The Morgan fingerprint density at radius 2 is 1.96 bits per heavy atom. The zero-order valence-electron chi connectivity index (χ0n) is 13.7. The maximum absolute atomic E-state index is 13.5. The average molecular weight is 314 g/mol. The van der Waals surface area contributed by atoms with Crippen LogP contribution < -0.4 is 5.32 Å². The van der Waals surface area contributed by atoms with Crippen molar-refractivity contribution in [1.29, 1.82) is 0 Å². The third-order valence-electron chi connectivity index (χ3n) is 3.74. The van der Waals surface area contributed by atoms with E-state index in [1.54, 1.807) is 18.2 Å². The second kappa shape index (κ2) is 8.44. The van der Waals surface area contributed by atoms with Crippen molar-refractivity contribution in [2.45, 2.75) is 26.8 Å². The first kappa shape index (κ1) is 17.2. The number of nitrogens with one attached hydrogen (secondary N) is 1. The molecule has 1 N–H and O–H groups in total. The van der Waals surface area contributed by atoms with E-state index in [1.165, 1.54) is 17.2 Å². The lowest BCUT2D eigenvalue weighted by molar-refractivity contribution is -0.116. The fraction of sp³-hybridized carbons (Fsp3) is 0.316. The van der Waals surface area contributed by atoms with Crippen molar-refractivity contribution in [3.05, 3.63) is 65.5 Å². The molecule has 4 heteroatoms. The van der Waals surface area contributed by atoms with E-state index in [1.807, 2.05) is 6.07 Å². The molecule has 0 bridgehead atoms. The molecule has 0 spiro atoms. The quantitative estimate of drug-likeness (QED) is 0.838. The second-order valence-electron chi connectivity index (χ2n) is 5.64. The van der Waals surface area contributed by atoms with Gasteiger partial charge in [0.25, 0.3) is 0 Å². The lowest BCUT2D eigenvalue weighted by Crippen LogP contribution is -2.27. The number of aryl methyl sites for hydroxylation is 1. The third kappa shape index (κ3) is 5.49. The number of hydrogen-bond donors (Lipinski definition) is 1. The van der Waals surface area contributed by atoms with E-state index in [0.717, 1.165) is 13.1 Å². The lowest BCUT2D eigenvalue weighted by Gasteiger charge is -2.20. The highest BCUT2D eigenvalue weighted by molar-refractivity contribution is 5.90. The molecule has 2 aromatic carbocycles. The molecule has 2 aromatic rings. The molecule has 0 radical (unpaired) electrons. The van der Waals surface area contributed by atoms with Gasteiger partial charge in [-0.25, -0.2) is 4.39 Å². The molecule has 0 saturated carbocycles. The molecule has 0 saturated heterocycles. The number of rotatable bonds is 7. The minimum atomic E-state index is -0.409. The van der Waals surface area contributed by atoms with Crippen LogP contribution in [0.2, 0.25) is 0 Å². The monoisotopic (exact) mass is 314 g/mol. The predicted octanol–water partition coefficient (Wildman–Crippen LogP) is 3.98. The summed E-state index contributed by atoms with van der Waals surface area (Å²) in [5.41, 5.74) is 2.71. The topological polar surface area (TPSA) is 32.3 Å². The minimum Gasteiger partial charge on any atom is -0.324 e. The molecule has 3 nitrogen and oxygen atoms in total. The van der Waals surface area contributed by atoms with Crippen molar-refractivity contribution in [2.75, 3.05) is 18.4 Å². The SMILES string of the molecule is CCN(CCC(=O)Nc1ccccc1F)Cc1cccc(C)c1. The minimum absolute atomic E-state index is 0.169. The molecule has 23 heavy (non-hydrogen) atoms. The molecule has 122 valence electrons. The highest BCUT2D eigenvalue weighted by atomic mass is 19.1. The van der Waals surface area contributed by atoms with E-state index < -0.39 is 5.82 Å². The van der Waals surface area contributed by atoms with Crippen molar-refractivity contribution in [2.24, 2.45) is 0 Å². The molecular weight excluding hydrogens is 291 g/mol. The van der Waals surface area contributed by atoms with Gasteiger partial charge in [0, 0.05) is 19.5 Å². The van der Waals surface area contributed by atoms with E-state index in [0.29, 0.717) is 13.0 Å². The molecule has 0 atom stereocenters. The highest BCUT2D eigenvalue weighted by Gasteiger charge is 2.09. The second-order valence-corrected chi connectivity index (χ2v) is 5.64. The molecular formula is C19H23FN2O. The van der Waals surface area contributed by atoms with Gasteiger partial charge in [0.1, 0.15) is 5.82 Å². The van der Waals surface area contributed by atoms with Crippen LogP contribution in [0.5, 0.6) is 0 Å². The number of benzene rings is 2. The van der Waals surface area contributed by atoms with Crippen LogP contribution in [0.3, 0.4) is 0 Å². The van der Waals surface area contributed by atoms with Gasteiger partial charge in [0.05, 0.1) is 5.69 Å². The predicted molar refractivity (Wildman–Crippen MR) is 91.8 cm³/mol. The molecule has 0 unspecified atom stereocenters. The fourth-order valence-electron chi connectivity index (χ4n) is 2.45. The normalized spacial score (nSPS) is 10.8. The summed E-state index contributed by atoms with van der Waals surface area (Å²) in [5.74, 6) is -0.578. The Balaban J connectivity index is 1.85. The Morgan fingerprint density at radius 3 is 2.65 bits per heavy atom. The van der Waals surface area contributed by atoms with Crippen LogP contribution in [0.1, 0.15) is 24.5 Å². The summed E-state index contributed by atoms with van der Waals surface area (Å²) in [7, 11) is 0. The number of nitrogens with zero attached hydrogens (tertiary/aromatic N) is 1. The van der Waals surface area contributed by atoms with Crippen LogP contribution in [-0.2, 0) is 11.3 Å².